The zero-order chi connectivity index (χ0) is 17.5. The van der Waals surface area contributed by atoms with Gasteiger partial charge in [-0.15, -0.1) is 0 Å². The highest BCUT2D eigenvalue weighted by Crippen LogP contribution is 2.37. The Bertz CT molecular complexity index is 633. The predicted octanol–water partition coefficient (Wildman–Crippen LogP) is 5.92. The van der Waals surface area contributed by atoms with Gasteiger partial charge in [0.2, 0.25) is 0 Å². The van der Waals surface area contributed by atoms with Gasteiger partial charge in [-0.05, 0) is 72.3 Å². The fourth-order valence-electron chi connectivity index (χ4n) is 3.78. The molecule has 2 unspecified atom stereocenters. The number of aryl methyl sites for hydroxylation is 2. The van der Waals surface area contributed by atoms with E-state index < -0.39 is 0 Å². The normalized spacial score (nSPS) is 20.4. The second-order valence-electron chi connectivity index (χ2n) is 6.95. The first-order valence-corrected chi connectivity index (χ1v) is 9.53. The molecule has 130 valence electrons. The molecule has 0 aliphatic heterocycles. The van der Waals surface area contributed by atoms with Crippen molar-refractivity contribution < 1.29 is 0 Å². The van der Waals surface area contributed by atoms with Crippen LogP contribution in [0.1, 0.15) is 81.7 Å². The number of hydrogen-bond donors (Lipinski definition) is 0. The van der Waals surface area contributed by atoms with Gasteiger partial charge in [-0.1, -0.05) is 40.7 Å². The van der Waals surface area contributed by atoms with Gasteiger partial charge in [-0.3, -0.25) is 9.97 Å². The molecule has 0 bridgehead atoms. The molecule has 0 radical (unpaired) electrons. The molecule has 2 aliphatic carbocycles. The van der Waals surface area contributed by atoms with Gasteiger partial charge in [0.15, 0.2) is 0 Å². The van der Waals surface area contributed by atoms with Gasteiger partial charge in [-0.2, -0.15) is 0 Å². The predicted molar refractivity (Wildman–Crippen MR) is 102 cm³/mol. The minimum absolute atomic E-state index is 0.691. The molecule has 2 aromatic heterocycles. The molecule has 0 saturated carbocycles. The zero-order valence-electron chi connectivity index (χ0n) is 15.9. The van der Waals surface area contributed by atoms with E-state index >= 15 is 0 Å². The van der Waals surface area contributed by atoms with E-state index in [1.165, 1.54) is 42.5 Å². The topological polar surface area (TPSA) is 25.8 Å². The van der Waals surface area contributed by atoms with Crippen molar-refractivity contribution in [1.82, 2.24) is 9.97 Å². The molecule has 0 fully saturated rings. The number of rotatable bonds is 1. The van der Waals surface area contributed by atoms with Gasteiger partial charge in [0.25, 0.3) is 0 Å². The lowest BCUT2D eigenvalue weighted by Gasteiger charge is -2.14. The fourth-order valence-corrected chi connectivity index (χ4v) is 3.78. The fraction of sp³-hybridized carbons (Fsp3) is 0.545. The van der Waals surface area contributed by atoms with Crippen LogP contribution in [0.3, 0.4) is 0 Å². The first-order valence-electron chi connectivity index (χ1n) is 9.53. The van der Waals surface area contributed by atoms with E-state index in [1.807, 2.05) is 38.5 Å². The highest BCUT2D eigenvalue weighted by molar-refractivity contribution is 5.32. The Morgan fingerprint density at radius 1 is 1.00 bits per heavy atom. The highest BCUT2D eigenvalue weighted by Gasteiger charge is 2.24. The van der Waals surface area contributed by atoms with Crippen molar-refractivity contribution in [3.63, 3.8) is 0 Å². The van der Waals surface area contributed by atoms with Crippen LogP contribution < -0.4 is 0 Å². The molecule has 0 N–H and O–H groups in total. The third-order valence-corrected chi connectivity index (χ3v) is 5.11. The number of fused-ring (bicyclic) bond motifs is 2. The minimum atomic E-state index is 0.691. The second-order valence-corrected chi connectivity index (χ2v) is 6.95. The van der Waals surface area contributed by atoms with Crippen molar-refractivity contribution in [3.05, 3.63) is 59.2 Å². The summed E-state index contributed by atoms with van der Waals surface area (Å²) < 4.78 is 0. The Morgan fingerprint density at radius 2 is 1.75 bits per heavy atom. The van der Waals surface area contributed by atoms with Crippen molar-refractivity contribution in [3.8, 4) is 0 Å². The summed E-state index contributed by atoms with van der Waals surface area (Å²) in [6, 6.07) is 6.40. The molecule has 2 nitrogen and oxygen atoms in total. The molecule has 2 heterocycles. The molecule has 24 heavy (non-hydrogen) atoms. The van der Waals surface area contributed by atoms with Crippen LogP contribution in [0.25, 0.3) is 0 Å². The van der Waals surface area contributed by atoms with Crippen molar-refractivity contribution >= 4 is 0 Å². The van der Waals surface area contributed by atoms with Crippen LogP contribution in [0.5, 0.6) is 0 Å². The van der Waals surface area contributed by atoms with E-state index in [1.54, 1.807) is 5.56 Å². The molecule has 2 aliphatic rings. The summed E-state index contributed by atoms with van der Waals surface area (Å²) in [6.07, 6.45) is 10.9. The number of aromatic nitrogens is 2. The van der Waals surface area contributed by atoms with E-state index in [4.69, 9.17) is 0 Å². The lowest BCUT2D eigenvalue weighted by Crippen LogP contribution is -2.01. The number of pyridine rings is 2. The van der Waals surface area contributed by atoms with Crippen LogP contribution >= 0.6 is 0 Å². The van der Waals surface area contributed by atoms with Gasteiger partial charge in [0, 0.05) is 24.3 Å². The van der Waals surface area contributed by atoms with Crippen molar-refractivity contribution in [2.75, 3.05) is 0 Å². The lowest BCUT2D eigenvalue weighted by atomic mass is 9.91. The standard InChI is InChI=1S/C11H15N.C9H11N.C2H6/c1-8(2)10-4-3-9-7-12-6-5-11(9)10;1-7-4-5-8-3-2-6-10-9(7)8;1-2/h5-8,10H,3-4H2,1-2H3;2-3,6-7H,4-5H2,1H3;1-2H3. The summed E-state index contributed by atoms with van der Waals surface area (Å²) in [4.78, 5) is 8.49. The van der Waals surface area contributed by atoms with E-state index in [2.05, 4.69) is 42.9 Å². The van der Waals surface area contributed by atoms with Gasteiger partial charge >= 0.3 is 0 Å². The van der Waals surface area contributed by atoms with Crippen LogP contribution in [0.2, 0.25) is 0 Å². The Hall–Kier alpha value is -1.70. The maximum absolute atomic E-state index is 4.34. The number of hydrogen-bond acceptors (Lipinski definition) is 2. The molecule has 0 spiro atoms. The van der Waals surface area contributed by atoms with Gasteiger partial charge in [0.1, 0.15) is 0 Å². The van der Waals surface area contributed by atoms with Crippen LogP contribution in [-0.4, -0.2) is 9.97 Å². The Morgan fingerprint density at radius 3 is 2.46 bits per heavy atom. The Balaban J connectivity index is 0.000000160. The van der Waals surface area contributed by atoms with E-state index in [9.17, 15) is 0 Å². The lowest BCUT2D eigenvalue weighted by molar-refractivity contribution is 0.496. The SMILES string of the molecule is CC.CC(C)C1CCc2cnccc21.CC1CCc2cccnc21. The molecule has 2 atom stereocenters. The maximum atomic E-state index is 4.34. The third-order valence-electron chi connectivity index (χ3n) is 5.11. The molecule has 0 aromatic carbocycles. The third kappa shape index (κ3) is 4.23. The molecule has 0 amide bonds. The average molecular weight is 325 g/mol. The average Bonchev–Trinajstić information content (AvgIpc) is 3.22. The molecule has 0 saturated heterocycles. The van der Waals surface area contributed by atoms with E-state index in [0.29, 0.717) is 5.92 Å². The highest BCUT2D eigenvalue weighted by atomic mass is 14.7. The van der Waals surface area contributed by atoms with E-state index in [0.717, 1.165) is 11.8 Å². The molecular weight excluding hydrogens is 292 g/mol. The first kappa shape index (κ1) is 18.6. The van der Waals surface area contributed by atoms with Gasteiger partial charge < -0.3 is 0 Å². The molecule has 2 aromatic rings. The summed E-state index contributed by atoms with van der Waals surface area (Å²) >= 11 is 0. The smallest absolute Gasteiger partial charge is 0.0463 e. The summed E-state index contributed by atoms with van der Waals surface area (Å²) in [5.41, 5.74) is 5.79. The zero-order valence-corrected chi connectivity index (χ0v) is 15.9. The molecular formula is C22H32N2. The maximum Gasteiger partial charge on any atom is 0.0463 e. The number of nitrogens with zero attached hydrogens (tertiary/aromatic N) is 2. The Kier molecular flexibility index (Phi) is 6.96. The summed E-state index contributed by atoms with van der Waals surface area (Å²) in [5.74, 6) is 2.24. The van der Waals surface area contributed by atoms with Crippen LogP contribution in [0.4, 0.5) is 0 Å². The van der Waals surface area contributed by atoms with Crippen LogP contribution in [0, 0.1) is 5.92 Å². The molecule has 2 heteroatoms. The molecule has 4 rings (SSSR count). The van der Waals surface area contributed by atoms with Gasteiger partial charge in [-0.25, -0.2) is 0 Å². The minimum Gasteiger partial charge on any atom is -0.264 e. The van der Waals surface area contributed by atoms with Crippen LogP contribution in [0.15, 0.2) is 36.8 Å². The van der Waals surface area contributed by atoms with Crippen LogP contribution in [-0.2, 0) is 12.8 Å². The summed E-state index contributed by atoms with van der Waals surface area (Å²) in [5, 5.41) is 0. The quantitative estimate of drug-likeness (QED) is 0.650. The largest absolute Gasteiger partial charge is 0.264 e. The van der Waals surface area contributed by atoms with Gasteiger partial charge in [0.05, 0.1) is 0 Å². The first-order chi connectivity index (χ1) is 11.7. The van der Waals surface area contributed by atoms with Crippen molar-refractivity contribution in [2.45, 2.75) is 72.1 Å². The van der Waals surface area contributed by atoms with E-state index in [-0.39, 0.29) is 0 Å². The monoisotopic (exact) mass is 324 g/mol. The van der Waals surface area contributed by atoms with Crippen molar-refractivity contribution in [2.24, 2.45) is 5.92 Å². The Labute approximate surface area is 147 Å². The second kappa shape index (κ2) is 8.96. The van der Waals surface area contributed by atoms with Crippen molar-refractivity contribution in [1.29, 1.82) is 0 Å². The summed E-state index contributed by atoms with van der Waals surface area (Å²) in [7, 11) is 0. The summed E-state index contributed by atoms with van der Waals surface area (Å²) in [6.45, 7) is 10.9.